The molecule has 1 aliphatic heterocycles. The van der Waals surface area contributed by atoms with Crippen LogP contribution in [0.25, 0.3) is 11.3 Å². The molecule has 6 N–H and O–H groups in total. The first-order valence-corrected chi connectivity index (χ1v) is 12.9. The van der Waals surface area contributed by atoms with Crippen LogP contribution in [0, 0.1) is 18.8 Å². The Bertz CT molecular complexity index is 1130. The molecule has 2 aliphatic rings. The Hall–Kier alpha value is -3.65. The highest BCUT2D eigenvalue weighted by molar-refractivity contribution is 5.94. The average molecular weight is 506 g/mol. The van der Waals surface area contributed by atoms with E-state index in [1.165, 1.54) is 25.5 Å². The van der Waals surface area contributed by atoms with Crippen LogP contribution < -0.4 is 22.1 Å². The maximum Gasteiger partial charge on any atom is 0.228 e. The van der Waals surface area contributed by atoms with E-state index in [4.69, 9.17) is 16.2 Å². The second kappa shape index (κ2) is 13.6. The molecule has 0 radical (unpaired) electrons. The smallest absolute Gasteiger partial charge is 0.228 e. The molecule has 37 heavy (non-hydrogen) atoms. The van der Waals surface area contributed by atoms with Crippen molar-refractivity contribution >= 4 is 35.1 Å². The number of rotatable bonds is 8. The number of pyridine rings is 1. The van der Waals surface area contributed by atoms with Crippen molar-refractivity contribution in [2.75, 3.05) is 17.2 Å². The molecule has 1 aliphatic carbocycles. The number of nitrogens with two attached hydrogens (primary N) is 2. The third-order valence-corrected chi connectivity index (χ3v) is 6.52. The molecular formula is C29H39N5O3. The first-order chi connectivity index (χ1) is 17.8. The SMILES string of the molecule is CC(C)C1CCCCO1.Cc1ccc(NC=O)cc1/C(N)=C/C(=C\N)c1ccnc(NC(=O)C2CC2)c1. The molecule has 0 spiro atoms. The van der Waals surface area contributed by atoms with Gasteiger partial charge in [-0.3, -0.25) is 9.59 Å². The Morgan fingerprint density at radius 2 is 1.95 bits per heavy atom. The van der Waals surface area contributed by atoms with Gasteiger partial charge in [0.25, 0.3) is 0 Å². The van der Waals surface area contributed by atoms with E-state index in [0.717, 1.165) is 36.1 Å². The highest BCUT2D eigenvalue weighted by Crippen LogP contribution is 2.30. The topological polar surface area (TPSA) is 132 Å². The van der Waals surface area contributed by atoms with Crippen LogP contribution in [0.2, 0.25) is 0 Å². The molecule has 2 heterocycles. The zero-order chi connectivity index (χ0) is 26.8. The summed E-state index contributed by atoms with van der Waals surface area (Å²) in [6.07, 6.45) is 11.8. The summed E-state index contributed by atoms with van der Waals surface area (Å²) < 4.78 is 5.54. The number of carbonyl (C=O) groups excluding carboxylic acids is 2. The lowest BCUT2D eigenvalue weighted by Crippen LogP contribution is -2.24. The average Bonchev–Trinajstić information content (AvgIpc) is 3.75. The number of nitrogens with zero attached hydrogens (tertiary/aromatic N) is 1. The van der Waals surface area contributed by atoms with Gasteiger partial charge < -0.3 is 26.8 Å². The number of hydrogen-bond acceptors (Lipinski definition) is 6. The van der Waals surface area contributed by atoms with Crippen LogP contribution in [0.5, 0.6) is 0 Å². The first-order valence-electron chi connectivity index (χ1n) is 12.9. The molecule has 1 atom stereocenters. The van der Waals surface area contributed by atoms with E-state index in [1.807, 2.05) is 13.0 Å². The molecule has 2 amide bonds. The van der Waals surface area contributed by atoms with Crippen LogP contribution in [-0.4, -0.2) is 30.0 Å². The number of carbonyl (C=O) groups is 2. The summed E-state index contributed by atoms with van der Waals surface area (Å²) >= 11 is 0. The van der Waals surface area contributed by atoms with Gasteiger partial charge in [-0.15, -0.1) is 0 Å². The standard InChI is InChI=1S/C21H23N5O2.C8H16O/c1-13-2-5-17(25-12-27)10-18(13)19(23)8-16(11-22)15-6-7-24-20(9-15)26-21(28)14-3-4-14;1-7(2)8-5-3-4-6-9-8/h2,5-12,14H,3-4,22-23H2,1H3,(H,25,27)(H,24,26,28);7-8H,3-6H2,1-2H3/b16-11+,19-8-;. The zero-order valence-electron chi connectivity index (χ0n) is 22.0. The predicted molar refractivity (Wildman–Crippen MR) is 149 cm³/mol. The monoisotopic (exact) mass is 505 g/mol. The van der Waals surface area contributed by atoms with Crippen LogP contribution >= 0.6 is 0 Å². The summed E-state index contributed by atoms with van der Waals surface area (Å²) in [5, 5.41) is 5.45. The van der Waals surface area contributed by atoms with Gasteiger partial charge in [0.15, 0.2) is 0 Å². The third kappa shape index (κ3) is 8.46. The number of benzene rings is 1. The van der Waals surface area contributed by atoms with Crippen molar-refractivity contribution in [1.82, 2.24) is 4.98 Å². The molecule has 2 aromatic rings. The van der Waals surface area contributed by atoms with Crippen molar-refractivity contribution < 1.29 is 14.3 Å². The molecular weight excluding hydrogens is 466 g/mol. The second-order valence-electron chi connectivity index (χ2n) is 9.86. The molecule has 1 aromatic carbocycles. The van der Waals surface area contributed by atoms with Gasteiger partial charge in [0.2, 0.25) is 12.3 Å². The van der Waals surface area contributed by atoms with Gasteiger partial charge in [-0.25, -0.2) is 4.98 Å². The molecule has 1 unspecified atom stereocenters. The Morgan fingerprint density at radius 1 is 1.16 bits per heavy atom. The summed E-state index contributed by atoms with van der Waals surface area (Å²) in [5.74, 6) is 1.29. The highest BCUT2D eigenvalue weighted by atomic mass is 16.5. The van der Waals surface area contributed by atoms with Crippen molar-refractivity contribution in [1.29, 1.82) is 0 Å². The van der Waals surface area contributed by atoms with E-state index in [-0.39, 0.29) is 11.8 Å². The van der Waals surface area contributed by atoms with Crippen LogP contribution in [-0.2, 0) is 14.3 Å². The van der Waals surface area contributed by atoms with Gasteiger partial charge in [-0.2, -0.15) is 0 Å². The van der Waals surface area contributed by atoms with Gasteiger partial charge in [-0.1, -0.05) is 19.9 Å². The van der Waals surface area contributed by atoms with E-state index in [9.17, 15) is 9.59 Å². The molecule has 8 nitrogen and oxygen atoms in total. The van der Waals surface area contributed by atoms with Gasteiger partial charge >= 0.3 is 0 Å². The minimum atomic E-state index is -0.00639. The molecule has 1 saturated heterocycles. The van der Waals surface area contributed by atoms with E-state index in [0.29, 0.717) is 41.2 Å². The number of aromatic nitrogens is 1. The normalized spacial score (nSPS) is 18.0. The minimum absolute atomic E-state index is 0.00639. The van der Waals surface area contributed by atoms with Crippen molar-refractivity contribution in [3.05, 3.63) is 65.5 Å². The van der Waals surface area contributed by atoms with E-state index in [1.54, 1.807) is 36.5 Å². The molecule has 1 saturated carbocycles. The van der Waals surface area contributed by atoms with E-state index in [2.05, 4.69) is 29.5 Å². The zero-order valence-corrected chi connectivity index (χ0v) is 22.0. The molecule has 4 rings (SSSR count). The maximum absolute atomic E-state index is 12.0. The summed E-state index contributed by atoms with van der Waals surface area (Å²) in [7, 11) is 0. The van der Waals surface area contributed by atoms with Crippen molar-refractivity contribution in [2.24, 2.45) is 23.3 Å². The first kappa shape index (κ1) is 27.9. The fourth-order valence-corrected chi connectivity index (χ4v) is 4.11. The van der Waals surface area contributed by atoms with Crippen LogP contribution in [0.1, 0.15) is 62.6 Å². The summed E-state index contributed by atoms with van der Waals surface area (Å²) in [6.45, 7) is 7.39. The molecule has 8 heteroatoms. The van der Waals surface area contributed by atoms with Crippen LogP contribution in [0.15, 0.2) is 48.8 Å². The molecule has 1 aromatic heterocycles. The fraction of sp³-hybridized carbons (Fsp3) is 0.414. The number of nitrogens with one attached hydrogen (secondary N) is 2. The van der Waals surface area contributed by atoms with E-state index >= 15 is 0 Å². The van der Waals surface area contributed by atoms with Gasteiger partial charge in [0, 0.05) is 41.9 Å². The Labute approximate surface area is 219 Å². The lowest BCUT2D eigenvalue weighted by atomic mass is 9.99. The highest BCUT2D eigenvalue weighted by Gasteiger charge is 2.29. The van der Waals surface area contributed by atoms with Crippen molar-refractivity contribution in [3.63, 3.8) is 0 Å². The number of amides is 2. The number of hydrogen-bond donors (Lipinski definition) is 4. The van der Waals surface area contributed by atoms with Crippen LogP contribution in [0.3, 0.4) is 0 Å². The summed E-state index contributed by atoms with van der Waals surface area (Å²) in [5.41, 5.74) is 16.5. The fourth-order valence-electron chi connectivity index (χ4n) is 4.11. The number of anilines is 2. The number of aryl methyl sites for hydroxylation is 1. The lowest BCUT2D eigenvalue weighted by molar-refractivity contribution is -0.117. The minimum Gasteiger partial charge on any atom is -0.404 e. The number of ether oxygens (including phenoxy) is 1. The maximum atomic E-state index is 12.0. The summed E-state index contributed by atoms with van der Waals surface area (Å²) in [4.78, 5) is 26.8. The number of allylic oxidation sites excluding steroid dienone is 2. The molecule has 198 valence electrons. The Balaban J connectivity index is 0.000000356. The molecule has 2 fully saturated rings. The Kier molecular flexibility index (Phi) is 10.3. The van der Waals surface area contributed by atoms with Crippen LogP contribution in [0.4, 0.5) is 11.5 Å². The van der Waals surface area contributed by atoms with Crippen molar-refractivity contribution in [2.45, 2.75) is 59.0 Å². The van der Waals surface area contributed by atoms with Gasteiger partial charge in [0.1, 0.15) is 5.82 Å². The lowest BCUT2D eigenvalue weighted by Gasteiger charge is -2.25. The summed E-state index contributed by atoms with van der Waals surface area (Å²) in [6, 6.07) is 9.05. The van der Waals surface area contributed by atoms with Gasteiger partial charge in [-0.05, 0) is 92.0 Å². The molecule has 0 bridgehead atoms. The third-order valence-electron chi connectivity index (χ3n) is 6.52. The van der Waals surface area contributed by atoms with Crippen molar-refractivity contribution in [3.8, 4) is 0 Å². The quantitative estimate of drug-likeness (QED) is 0.300. The Morgan fingerprint density at radius 3 is 2.54 bits per heavy atom. The van der Waals surface area contributed by atoms with Gasteiger partial charge in [0.05, 0.1) is 6.10 Å². The largest absolute Gasteiger partial charge is 0.404 e. The van der Waals surface area contributed by atoms with E-state index < -0.39 is 0 Å². The predicted octanol–water partition coefficient (Wildman–Crippen LogP) is 4.82. The second-order valence-corrected chi connectivity index (χ2v) is 9.86.